The number of ether oxygens (including phenoxy) is 6. The summed E-state index contributed by atoms with van der Waals surface area (Å²) < 4.78 is 40.6. The minimum absolute atomic E-state index is 0.0865. The summed E-state index contributed by atoms with van der Waals surface area (Å²) in [5.74, 6) is -1.75. The molecule has 4 heterocycles. The third kappa shape index (κ3) is 9.40. The lowest BCUT2D eigenvalue weighted by Gasteiger charge is -2.48. The summed E-state index contributed by atoms with van der Waals surface area (Å²) in [6, 6.07) is 31.9. The van der Waals surface area contributed by atoms with E-state index in [0.29, 0.717) is 72.9 Å². The van der Waals surface area contributed by atoms with E-state index in [9.17, 15) is 19.8 Å². The quantitative estimate of drug-likeness (QED) is 0.110. The number of nitrogens with zero attached hydrogens (tertiary/aromatic N) is 2. The van der Waals surface area contributed by atoms with Crippen molar-refractivity contribution in [1.29, 1.82) is 0 Å². The zero-order valence-electron chi connectivity index (χ0n) is 44.0. The Balaban J connectivity index is 0.780. The van der Waals surface area contributed by atoms with Gasteiger partial charge in [0.05, 0.1) is 59.5 Å². The van der Waals surface area contributed by atoms with Crippen LogP contribution in [0.4, 0.5) is 11.4 Å². The molecule has 386 valence electrons. The molecule has 2 unspecified atom stereocenters. The summed E-state index contributed by atoms with van der Waals surface area (Å²) in [5.41, 5.74) is 10.4. The maximum atomic E-state index is 12.1. The van der Waals surface area contributed by atoms with E-state index in [-0.39, 0.29) is 34.7 Å². The van der Waals surface area contributed by atoms with E-state index in [1.807, 2.05) is 50.3 Å². The average Bonchev–Trinajstić information content (AvgIpc) is 3.73. The molecule has 12 heteroatoms. The predicted molar refractivity (Wildman–Crippen MR) is 282 cm³/mol. The van der Waals surface area contributed by atoms with Crippen molar-refractivity contribution in [2.45, 2.75) is 141 Å². The lowest BCUT2D eigenvalue weighted by atomic mass is 9.70. The second-order valence-corrected chi connectivity index (χ2v) is 22.0. The summed E-state index contributed by atoms with van der Waals surface area (Å²) in [5, 5.41) is 23.2. The molecule has 0 amide bonds. The number of hydrogen-bond acceptors (Lipinski definition) is 10. The number of hydrogen-bond donors (Lipinski definition) is 2. The molecule has 2 aliphatic carbocycles. The van der Waals surface area contributed by atoms with E-state index in [1.165, 1.54) is 25.3 Å². The number of carbonyl (C=O) groups is 2. The van der Waals surface area contributed by atoms with Crippen molar-refractivity contribution < 1.29 is 57.4 Å². The summed E-state index contributed by atoms with van der Waals surface area (Å²) >= 11 is 0. The molecule has 74 heavy (non-hydrogen) atoms. The average molecular weight is 1000 g/mol. The highest BCUT2D eigenvalue weighted by Gasteiger charge is 2.51. The molecule has 0 bridgehead atoms. The van der Waals surface area contributed by atoms with Crippen LogP contribution in [0.2, 0.25) is 0 Å². The van der Waals surface area contributed by atoms with Crippen molar-refractivity contribution in [3.63, 3.8) is 0 Å². The summed E-state index contributed by atoms with van der Waals surface area (Å²) in [6.07, 6.45) is 13.6. The SMILES string of the molecule is COC(=O)c1ccc(C[N+]2=C(/C=C/C3=C(O)OC4(CCC(C5CCC6(CC5)OC(O)=C(/C=C/C5=[N+](Cc7ccc(C(=O)OC)cc7)c7ccccc7C5(C)C)C(C)O6)CC4)OC3C)C(C)(C)c3ccccc32)cc1. The number of aliphatic hydroxyl groups is 2. The Hall–Kier alpha value is -6.76. The minimum atomic E-state index is -0.889. The van der Waals surface area contributed by atoms with E-state index >= 15 is 0 Å². The van der Waals surface area contributed by atoms with Crippen LogP contribution in [0, 0.1) is 11.8 Å². The Morgan fingerprint density at radius 3 is 1.24 bits per heavy atom. The van der Waals surface area contributed by atoms with E-state index in [4.69, 9.17) is 28.4 Å². The number of esters is 2. The fraction of sp³-hybridized carbons (Fsp3) is 0.419. The minimum Gasteiger partial charge on any atom is -0.481 e. The smallest absolute Gasteiger partial charge is 0.337 e. The van der Waals surface area contributed by atoms with Crippen LogP contribution in [-0.2, 0) is 52.3 Å². The van der Waals surface area contributed by atoms with Gasteiger partial charge in [-0.2, -0.15) is 9.15 Å². The molecule has 2 saturated carbocycles. The van der Waals surface area contributed by atoms with E-state index < -0.39 is 23.8 Å². The van der Waals surface area contributed by atoms with Gasteiger partial charge in [-0.3, -0.25) is 0 Å². The summed E-state index contributed by atoms with van der Waals surface area (Å²) in [7, 11) is 2.77. The van der Waals surface area contributed by atoms with E-state index in [0.717, 1.165) is 59.6 Å². The number of carbonyl (C=O) groups excluding carboxylic acids is 2. The van der Waals surface area contributed by atoms with Gasteiger partial charge in [-0.1, -0.05) is 60.7 Å². The largest absolute Gasteiger partial charge is 0.481 e. The number of benzene rings is 4. The zero-order valence-corrected chi connectivity index (χ0v) is 44.0. The molecule has 4 aromatic carbocycles. The van der Waals surface area contributed by atoms with Crippen molar-refractivity contribution in [3.8, 4) is 0 Å². The van der Waals surface area contributed by atoms with E-state index in [2.05, 4.69) is 97.5 Å². The van der Waals surface area contributed by atoms with Crippen LogP contribution in [0.15, 0.2) is 144 Å². The molecule has 4 aliphatic heterocycles. The molecule has 6 aliphatic rings. The fourth-order valence-corrected chi connectivity index (χ4v) is 12.6. The second-order valence-electron chi connectivity index (χ2n) is 22.0. The molecule has 10 rings (SSSR count). The normalized spacial score (nSPS) is 27.2. The molecule has 12 nitrogen and oxygen atoms in total. The second kappa shape index (κ2) is 19.8. The van der Waals surface area contributed by atoms with Gasteiger partial charge in [0, 0.05) is 72.2 Å². The molecule has 2 atom stereocenters. The highest BCUT2D eigenvalue weighted by molar-refractivity contribution is 6.04. The molecular weight excluding hydrogens is 933 g/mol. The molecule has 4 aromatic rings. The van der Waals surface area contributed by atoms with Gasteiger partial charge in [-0.25, -0.2) is 9.59 Å². The van der Waals surface area contributed by atoms with Crippen LogP contribution < -0.4 is 0 Å². The zero-order chi connectivity index (χ0) is 52.2. The maximum absolute atomic E-state index is 12.1. The number of aliphatic hydroxyl groups excluding tert-OH is 2. The predicted octanol–water partition coefficient (Wildman–Crippen LogP) is 12.4. The van der Waals surface area contributed by atoms with Crippen LogP contribution in [0.25, 0.3) is 0 Å². The van der Waals surface area contributed by atoms with Crippen molar-refractivity contribution in [3.05, 3.63) is 178 Å². The van der Waals surface area contributed by atoms with Gasteiger partial charge in [0.1, 0.15) is 0 Å². The molecule has 2 fully saturated rings. The number of para-hydroxylation sites is 2. The van der Waals surface area contributed by atoms with Crippen molar-refractivity contribution in [1.82, 2.24) is 0 Å². The summed E-state index contributed by atoms with van der Waals surface area (Å²) in [4.78, 5) is 24.2. The monoisotopic (exact) mass is 1000 g/mol. The van der Waals surface area contributed by atoms with E-state index in [1.54, 1.807) is 24.3 Å². The number of fused-ring (bicyclic) bond motifs is 2. The molecule has 0 aromatic heterocycles. The number of methoxy groups -OCH3 is 2. The van der Waals surface area contributed by atoms with Gasteiger partial charge in [-0.05, 0) is 115 Å². The van der Waals surface area contributed by atoms with Crippen molar-refractivity contribution in [2.24, 2.45) is 11.8 Å². The third-order valence-corrected chi connectivity index (χ3v) is 16.8. The topological polar surface area (TPSA) is 136 Å². The Labute approximate surface area is 434 Å². The Bertz CT molecular complexity index is 2820. The Kier molecular flexibility index (Phi) is 13.6. The summed E-state index contributed by atoms with van der Waals surface area (Å²) in [6.45, 7) is 14.0. The first kappa shape index (κ1) is 50.8. The molecule has 2 spiro atoms. The van der Waals surface area contributed by atoms with Gasteiger partial charge < -0.3 is 38.6 Å². The van der Waals surface area contributed by atoms with Crippen LogP contribution in [0.1, 0.15) is 136 Å². The standard InChI is InChI=1S/C62H68N2O10/c1-39-47(25-27-53-59(3,4)49-13-9-11-15-51(49)63(53)37-41-17-21-45(22-18-41)55(65)69-7)57(67)73-61(71-39)33-29-43(30-34-61)44-31-35-62(36-32-44)72-40(2)48(58(68)74-62)26-28-54-60(5,6)50-14-10-12-16-52(50)64(54)38-42-19-23-46(24-20-42)56(66)70-8/h9-28,39-40,43-44H,29-38H2,1-8H3/p+2. The molecular formula is C62H70N2O10+2. The lowest BCUT2D eigenvalue weighted by molar-refractivity contribution is -0.455. The van der Waals surface area contributed by atoms with Crippen LogP contribution in [0.5, 0.6) is 0 Å². The number of allylic oxidation sites excluding steroid dienone is 2. The van der Waals surface area contributed by atoms with Crippen molar-refractivity contribution >= 4 is 34.7 Å². The maximum Gasteiger partial charge on any atom is 0.337 e. The van der Waals surface area contributed by atoms with Gasteiger partial charge >= 0.3 is 11.9 Å². The van der Waals surface area contributed by atoms with Gasteiger partial charge in [0.15, 0.2) is 24.5 Å². The van der Waals surface area contributed by atoms with Crippen molar-refractivity contribution in [2.75, 3.05) is 14.2 Å². The first-order valence-corrected chi connectivity index (χ1v) is 26.2. The molecule has 0 radical (unpaired) electrons. The van der Waals surface area contributed by atoms with Gasteiger partial charge in [-0.15, -0.1) is 0 Å². The Morgan fingerprint density at radius 1 is 0.554 bits per heavy atom. The fourth-order valence-electron chi connectivity index (χ4n) is 12.6. The molecule has 0 saturated heterocycles. The number of rotatable bonds is 11. The van der Waals surface area contributed by atoms with Gasteiger partial charge in [0.2, 0.25) is 22.9 Å². The lowest BCUT2D eigenvalue weighted by Crippen LogP contribution is -2.48. The highest BCUT2D eigenvalue weighted by atomic mass is 16.8. The first-order chi connectivity index (χ1) is 35.4. The molecule has 2 N–H and O–H groups in total. The first-order valence-electron chi connectivity index (χ1n) is 26.2. The van der Waals surface area contributed by atoms with Crippen LogP contribution >= 0.6 is 0 Å². The third-order valence-electron chi connectivity index (χ3n) is 16.8. The Morgan fingerprint density at radius 2 is 0.905 bits per heavy atom. The highest BCUT2D eigenvalue weighted by Crippen LogP contribution is 2.50. The van der Waals surface area contributed by atoms with Gasteiger partial charge in [0.25, 0.3) is 11.9 Å². The van der Waals surface area contributed by atoms with Crippen LogP contribution in [0.3, 0.4) is 0 Å². The van der Waals surface area contributed by atoms with Crippen LogP contribution in [-0.4, -0.2) is 80.7 Å².